The second-order valence-electron chi connectivity index (χ2n) is 5.02. The molecule has 4 nitrogen and oxygen atoms in total. The summed E-state index contributed by atoms with van der Waals surface area (Å²) < 4.78 is 44.7. The molecule has 0 heterocycles. The van der Waals surface area contributed by atoms with Crippen LogP contribution in [0.4, 0.5) is 4.39 Å². The predicted molar refractivity (Wildman–Crippen MR) is 83.0 cm³/mol. The molecule has 0 bridgehead atoms. The summed E-state index contributed by atoms with van der Waals surface area (Å²) in [6.07, 6.45) is 0. The molecule has 0 saturated heterocycles. The van der Waals surface area contributed by atoms with Crippen molar-refractivity contribution >= 4 is 10.0 Å². The fraction of sp³-hybridized carbons (Fsp3) is 0.250. The van der Waals surface area contributed by atoms with E-state index in [1.807, 2.05) is 32.0 Å². The Morgan fingerprint density at radius 1 is 1.05 bits per heavy atom. The van der Waals surface area contributed by atoms with E-state index in [9.17, 15) is 12.8 Å². The number of aryl methyl sites for hydroxylation is 2. The number of sulfonamides is 1. The van der Waals surface area contributed by atoms with Gasteiger partial charge in [0.1, 0.15) is 18.2 Å². The Hall–Kier alpha value is -1.92. The number of halogens is 1. The van der Waals surface area contributed by atoms with E-state index in [0.29, 0.717) is 5.75 Å². The van der Waals surface area contributed by atoms with Crippen molar-refractivity contribution in [2.45, 2.75) is 18.7 Å². The summed E-state index contributed by atoms with van der Waals surface area (Å²) >= 11 is 0. The molecule has 22 heavy (non-hydrogen) atoms. The molecule has 0 aliphatic rings. The monoisotopic (exact) mass is 323 g/mol. The summed E-state index contributed by atoms with van der Waals surface area (Å²) in [7, 11) is -3.64. The van der Waals surface area contributed by atoms with Gasteiger partial charge in [-0.3, -0.25) is 0 Å². The average Bonchev–Trinajstić information content (AvgIpc) is 2.43. The minimum Gasteiger partial charge on any atom is -0.492 e. The van der Waals surface area contributed by atoms with Crippen LogP contribution in [0.25, 0.3) is 0 Å². The Kier molecular flexibility index (Phi) is 5.15. The molecule has 0 fully saturated rings. The number of nitrogens with one attached hydrogen (secondary N) is 1. The van der Waals surface area contributed by atoms with Crippen LogP contribution >= 0.6 is 0 Å². The van der Waals surface area contributed by atoms with Crippen molar-refractivity contribution in [2.75, 3.05) is 13.2 Å². The summed E-state index contributed by atoms with van der Waals surface area (Å²) in [4.78, 5) is 0.0281. The van der Waals surface area contributed by atoms with E-state index in [0.717, 1.165) is 23.3 Å². The Balaban J connectivity index is 1.89. The molecule has 118 valence electrons. The van der Waals surface area contributed by atoms with Crippen LogP contribution in [0.5, 0.6) is 5.75 Å². The number of hydrogen-bond donors (Lipinski definition) is 1. The highest BCUT2D eigenvalue weighted by atomic mass is 32.2. The van der Waals surface area contributed by atoms with Crippen LogP contribution in [0, 0.1) is 19.7 Å². The zero-order chi connectivity index (χ0) is 16.2. The van der Waals surface area contributed by atoms with Gasteiger partial charge in [-0.1, -0.05) is 6.07 Å². The zero-order valence-corrected chi connectivity index (χ0v) is 13.3. The number of ether oxygens (including phenoxy) is 1. The quantitative estimate of drug-likeness (QED) is 0.832. The first-order valence-corrected chi connectivity index (χ1v) is 8.31. The standard InChI is InChI=1S/C16H18FNO3S/c1-12-9-13(2)11-15(10-12)21-8-7-18-22(19,20)16-5-3-14(17)4-6-16/h3-6,9-11,18H,7-8H2,1-2H3. The molecule has 2 aromatic rings. The van der Waals surface area contributed by atoms with Gasteiger partial charge in [0.2, 0.25) is 10.0 Å². The Labute approximate surface area is 130 Å². The number of rotatable bonds is 6. The highest BCUT2D eigenvalue weighted by Crippen LogP contribution is 2.16. The fourth-order valence-electron chi connectivity index (χ4n) is 2.06. The summed E-state index contributed by atoms with van der Waals surface area (Å²) in [5.74, 6) is 0.232. The summed E-state index contributed by atoms with van der Waals surface area (Å²) in [5, 5.41) is 0. The van der Waals surface area contributed by atoms with Crippen molar-refractivity contribution in [1.82, 2.24) is 4.72 Å². The lowest BCUT2D eigenvalue weighted by molar-refractivity contribution is 0.322. The van der Waals surface area contributed by atoms with E-state index >= 15 is 0 Å². The van der Waals surface area contributed by atoms with Gasteiger partial charge in [0.05, 0.1) is 4.90 Å². The van der Waals surface area contributed by atoms with Gasteiger partial charge in [-0.2, -0.15) is 0 Å². The number of benzene rings is 2. The van der Waals surface area contributed by atoms with E-state index in [-0.39, 0.29) is 18.0 Å². The molecular formula is C16H18FNO3S. The van der Waals surface area contributed by atoms with Crippen LogP contribution in [0.2, 0.25) is 0 Å². The first-order valence-electron chi connectivity index (χ1n) is 6.83. The van der Waals surface area contributed by atoms with Crippen LogP contribution in [-0.4, -0.2) is 21.6 Å². The van der Waals surface area contributed by atoms with Crippen LogP contribution in [-0.2, 0) is 10.0 Å². The van der Waals surface area contributed by atoms with Gasteiger partial charge in [-0.15, -0.1) is 0 Å². The molecule has 1 N–H and O–H groups in total. The average molecular weight is 323 g/mol. The third kappa shape index (κ3) is 4.54. The van der Waals surface area contributed by atoms with Crippen molar-refractivity contribution in [3.8, 4) is 5.75 Å². The molecule has 0 saturated carbocycles. The lowest BCUT2D eigenvalue weighted by Gasteiger charge is -2.10. The maximum Gasteiger partial charge on any atom is 0.240 e. The van der Waals surface area contributed by atoms with Gasteiger partial charge < -0.3 is 4.74 Å². The summed E-state index contributed by atoms with van der Waals surface area (Å²) in [6.45, 7) is 4.28. The van der Waals surface area contributed by atoms with Crippen LogP contribution in [0.15, 0.2) is 47.4 Å². The minimum atomic E-state index is -3.64. The third-order valence-electron chi connectivity index (χ3n) is 2.98. The molecule has 6 heteroatoms. The molecule has 0 amide bonds. The van der Waals surface area contributed by atoms with Gasteiger partial charge in [-0.25, -0.2) is 17.5 Å². The van der Waals surface area contributed by atoms with E-state index in [2.05, 4.69) is 4.72 Å². The molecule has 0 spiro atoms. The van der Waals surface area contributed by atoms with E-state index < -0.39 is 15.8 Å². The van der Waals surface area contributed by atoms with Gasteiger partial charge >= 0.3 is 0 Å². The SMILES string of the molecule is Cc1cc(C)cc(OCCNS(=O)(=O)c2ccc(F)cc2)c1. The second-order valence-corrected chi connectivity index (χ2v) is 6.79. The van der Waals surface area contributed by atoms with E-state index in [4.69, 9.17) is 4.74 Å². The van der Waals surface area contributed by atoms with E-state index in [1.54, 1.807) is 0 Å². The highest BCUT2D eigenvalue weighted by molar-refractivity contribution is 7.89. The van der Waals surface area contributed by atoms with Crippen molar-refractivity contribution < 1.29 is 17.5 Å². The maximum atomic E-state index is 12.8. The van der Waals surface area contributed by atoms with Gasteiger partial charge in [0.25, 0.3) is 0 Å². The molecule has 0 unspecified atom stereocenters. The van der Waals surface area contributed by atoms with Crippen molar-refractivity contribution in [1.29, 1.82) is 0 Å². The van der Waals surface area contributed by atoms with Crippen LogP contribution in [0.3, 0.4) is 0 Å². The lowest BCUT2D eigenvalue weighted by atomic mass is 10.1. The lowest BCUT2D eigenvalue weighted by Crippen LogP contribution is -2.28. The summed E-state index contributed by atoms with van der Waals surface area (Å²) in [6, 6.07) is 10.5. The Bertz CT molecular complexity index is 722. The molecule has 0 atom stereocenters. The predicted octanol–water partition coefficient (Wildman–Crippen LogP) is 2.80. The largest absolute Gasteiger partial charge is 0.492 e. The molecule has 0 aromatic heterocycles. The molecule has 0 aliphatic heterocycles. The molecule has 0 aliphatic carbocycles. The van der Waals surface area contributed by atoms with Gasteiger partial charge in [0.15, 0.2) is 0 Å². The molecule has 2 aromatic carbocycles. The van der Waals surface area contributed by atoms with Gasteiger partial charge in [0, 0.05) is 6.54 Å². The smallest absolute Gasteiger partial charge is 0.240 e. The maximum absolute atomic E-state index is 12.8. The Morgan fingerprint density at radius 2 is 1.64 bits per heavy atom. The molecule has 2 rings (SSSR count). The van der Waals surface area contributed by atoms with E-state index in [1.165, 1.54) is 12.1 Å². The van der Waals surface area contributed by atoms with Crippen molar-refractivity contribution in [3.63, 3.8) is 0 Å². The first-order chi connectivity index (χ1) is 10.4. The number of hydrogen-bond acceptors (Lipinski definition) is 3. The fourth-order valence-corrected chi connectivity index (χ4v) is 3.07. The van der Waals surface area contributed by atoms with Gasteiger partial charge in [-0.05, 0) is 61.4 Å². The van der Waals surface area contributed by atoms with Crippen LogP contribution < -0.4 is 9.46 Å². The van der Waals surface area contributed by atoms with Crippen molar-refractivity contribution in [2.24, 2.45) is 0 Å². The summed E-state index contributed by atoms with van der Waals surface area (Å²) in [5.41, 5.74) is 2.17. The molecular weight excluding hydrogens is 305 g/mol. The normalized spacial score (nSPS) is 11.4. The van der Waals surface area contributed by atoms with Crippen molar-refractivity contribution in [3.05, 3.63) is 59.4 Å². The minimum absolute atomic E-state index is 0.0281. The first kappa shape index (κ1) is 16.5. The van der Waals surface area contributed by atoms with Crippen LogP contribution in [0.1, 0.15) is 11.1 Å². The zero-order valence-electron chi connectivity index (χ0n) is 12.5. The molecule has 0 radical (unpaired) electrons. The highest BCUT2D eigenvalue weighted by Gasteiger charge is 2.13. The topological polar surface area (TPSA) is 55.4 Å². The second kappa shape index (κ2) is 6.89. The Morgan fingerprint density at radius 3 is 2.23 bits per heavy atom. The third-order valence-corrected chi connectivity index (χ3v) is 4.46.